The lowest BCUT2D eigenvalue weighted by atomic mass is 10.0. The molecule has 3 unspecified atom stereocenters. The van der Waals surface area contributed by atoms with Crippen LogP contribution in [0.25, 0.3) is 0 Å². The van der Waals surface area contributed by atoms with Crippen LogP contribution in [0.4, 0.5) is 0 Å². The molecule has 5 heteroatoms. The fourth-order valence-corrected chi connectivity index (χ4v) is 5.45. The highest BCUT2D eigenvalue weighted by Gasteiger charge is 2.40. The second kappa shape index (κ2) is 17.5. The monoisotopic (exact) mass is 432 g/mol. The first kappa shape index (κ1) is 28.8. The Labute approximate surface area is 181 Å². The van der Waals surface area contributed by atoms with Gasteiger partial charge in [-0.05, 0) is 37.5 Å². The van der Waals surface area contributed by atoms with Gasteiger partial charge in [0.2, 0.25) is 5.52 Å². The van der Waals surface area contributed by atoms with Crippen LogP contribution in [-0.4, -0.2) is 18.7 Å². The van der Waals surface area contributed by atoms with Crippen LogP contribution in [0.15, 0.2) is 0 Å². The first-order chi connectivity index (χ1) is 13.9. The second-order valence-electron chi connectivity index (χ2n) is 8.51. The Morgan fingerprint density at radius 1 is 0.690 bits per heavy atom. The summed E-state index contributed by atoms with van der Waals surface area (Å²) in [6.45, 7) is 13.4. The fourth-order valence-electron chi connectivity index (χ4n) is 3.54. The molecule has 0 aliphatic heterocycles. The number of unbranched alkanes of at least 4 members (excludes halogenated alkanes) is 3. The van der Waals surface area contributed by atoms with Gasteiger partial charge in [0.25, 0.3) is 0 Å². The third kappa shape index (κ3) is 11.7. The van der Waals surface area contributed by atoms with Crippen molar-refractivity contribution >= 4 is 13.1 Å². The third-order valence-corrected chi connectivity index (χ3v) is 7.95. The summed E-state index contributed by atoms with van der Waals surface area (Å²) in [7, 11) is -3.76. The summed E-state index contributed by atoms with van der Waals surface area (Å²) in [4.78, 5) is 13.2. The first-order valence-electron chi connectivity index (χ1n) is 12.4. The predicted octanol–water partition coefficient (Wildman–Crippen LogP) is 8.39. The molecule has 0 aliphatic carbocycles. The Hall–Kier alpha value is -0.180. The van der Waals surface area contributed by atoms with Gasteiger partial charge < -0.3 is 9.05 Å². The van der Waals surface area contributed by atoms with E-state index in [1.54, 1.807) is 0 Å². The zero-order valence-electron chi connectivity index (χ0n) is 20.2. The minimum Gasteiger partial charge on any atom is -0.303 e. The maximum absolute atomic E-state index is 13.7. The lowest BCUT2D eigenvalue weighted by Gasteiger charge is -2.25. The summed E-state index contributed by atoms with van der Waals surface area (Å²) in [5.41, 5.74) is -0.288. The molecule has 0 heterocycles. The summed E-state index contributed by atoms with van der Waals surface area (Å²) < 4.78 is 25.4. The molecule has 0 rings (SSSR count). The first-order valence-corrected chi connectivity index (χ1v) is 13.9. The maximum atomic E-state index is 13.7. The quantitative estimate of drug-likeness (QED) is 0.181. The molecule has 0 amide bonds. The lowest BCUT2D eigenvalue weighted by molar-refractivity contribution is -0.118. The summed E-state index contributed by atoms with van der Waals surface area (Å²) >= 11 is 0. The van der Waals surface area contributed by atoms with Crippen LogP contribution in [-0.2, 0) is 18.4 Å². The van der Waals surface area contributed by atoms with Crippen molar-refractivity contribution in [3.05, 3.63) is 0 Å². The van der Waals surface area contributed by atoms with Gasteiger partial charge in [-0.3, -0.25) is 9.36 Å². The van der Waals surface area contributed by atoms with Gasteiger partial charge >= 0.3 is 7.60 Å². The molecule has 0 fully saturated rings. The van der Waals surface area contributed by atoms with Crippen molar-refractivity contribution in [2.75, 3.05) is 13.2 Å². The van der Waals surface area contributed by atoms with E-state index in [1.165, 1.54) is 0 Å². The van der Waals surface area contributed by atoms with E-state index in [0.717, 1.165) is 70.6 Å². The molecule has 0 saturated heterocycles. The van der Waals surface area contributed by atoms with Gasteiger partial charge in [-0.2, -0.15) is 0 Å². The van der Waals surface area contributed by atoms with E-state index in [4.69, 9.17) is 9.05 Å². The van der Waals surface area contributed by atoms with Crippen LogP contribution in [0.2, 0.25) is 0 Å². The average molecular weight is 433 g/mol. The molecule has 174 valence electrons. The minimum atomic E-state index is -3.76. The molecule has 0 N–H and O–H groups in total. The van der Waals surface area contributed by atoms with E-state index >= 15 is 0 Å². The SMILES string of the molecule is CCCCC(CC)COP(=O)(OCC(CC)CCCC)C(=O)C(CC)CCCC. The standard InChI is InChI=1S/C24H49O4P/c1-7-13-16-21(10-4)19-27-29(26,24(25)23(12-6)18-15-9-3)28-20-22(11-5)17-14-8-2/h21-23H,7-20H2,1-6H3. The van der Waals surface area contributed by atoms with Crippen LogP contribution in [0.3, 0.4) is 0 Å². The van der Waals surface area contributed by atoms with Crippen molar-refractivity contribution < 1.29 is 18.4 Å². The van der Waals surface area contributed by atoms with Gasteiger partial charge in [0.1, 0.15) is 0 Å². The molecule has 3 atom stereocenters. The Morgan fingerprint density at radius 2 is 1.10 bits per heavy atom. The number of hydrogen-bond donors (Lipinski definition) is 0. The Morgan fingerprint density at radius 3 is 1.45 bits per heavy atom. The van der Waals surface area contributed by atoms with Crippen LogP contribution in [0.5, 0.6) is 0 Å². The molecule has 0 aromatic carbocycles. The van der Waals surface area contributed by atoms with Gasteiger partial charge in [-0.1, -0.05) is 92.9 Å². The van der Waals surface area contributed by atoms with E-state index in [9.17, 15) is 9.36 Å². The Kier molecular flexibility index (Phi) is 17.4. The van der Waals surface area contributed by atoms with Crippen LogP contribution < -0.4 is 0 Å². The van der Waals surface area contributed by atoms with Gasteiger partial charge in [0.15, 0.2) is 0 Å². The van der Waals surface area contributed by atoms with E-state index in [1.807, 2.05) is 6.92 Å². The molecule has 0 saturated carbocycles. The molecule has 0 aromatic heterocycles. The van der Waals surface area contributed by atoms with Crippen molar-refractivity contribution in [1.29, 1.82) is 0 Å². The van der Waals surface area contributed by atoms with Gasteiger partial charge in [0.05, 0.1) is 13.2 Å². The summed E-state index contributed by atoms with van der Waals surface area (Å²) in [5.74, 6) is 0.433. The highest BCUT2D eigenvalue weighted by atomic mass is 31.2. The summed E-state index contributed by atoms with van der Waals surface area (Å²) in [6, 6.07) is 0. The van der Waals surface area contributed by atoms with Crippen molar-refractivity contribution in [2.24, 2.45) is 17.8 Å². The van der Waals surface area contributed by atoms with Crippen molar-refractivity contribution in [1.82, 2.24) is 0 Å². The number of carbonyl (C=O) groups is 1. The van der Waals surface area contributed by atoms with E-state index in [0.29, 0.717) is 31.5 Å². The highest BCUT2D eigenvalue weighted by molar-refractivity contribution is 7.71. The Balaban J connectivity index is 5.26. The number of rotatable bonds is 20. The molecule has 4 nitrogen and oxygen atoms in total. The smallest absolute Gasteiger partial charge is 0.303 e. The van der Waals surface area contributed by atoms with Crippen molar-refractivity contribution in [3.8, 4) is 0 Å². The molecule has 29 heavy (non-hydrogen) atoms. The average Bonchev–Trinajstić information content (AvgIpc) is 2.74. The minimum absolute atomic E-state index is 0.229. The Bertz CT molecular complexity index is 428. The summed E-state index contributed by atoms with van der Waals surface area (Å²) in [6.07, 6.45) is 12.0. The molecule has 0 aromatic rings. The predicted molar refractivity (Wildman–Crippen MR) is 124 cm³/mol. The molecular formula is C24H49O4P. The van der Waals surface area contributed by atoms with E-state index in [2.05, 4.69) is 34.6 Å². The zero-order chi connectivity index (χ0) is 22.1. The largest absolute Gasteiger partial charge is 0.397 e. The number of hydrogen-bond acceptors (Lipinski definition) is 4. The molecule has 0 aliphatic rings. The van der Waals surface area contributed by atoms with Crippen LogP contribution in [0, 0.1) is 17.8 Å². The van der Waals surface area contributed by atoms with Crippen molar-refractivity contribution in [2.45, 2.75) is 119 Å². The lowest BCUT2D eigenvalue weighted by Crippen LogP contribution is -2.21. The summed E-state index contributed by atoms with van der Waals surface area (Å²) in [5, 5.41) is 0. The van der Waals surface area contributed by atoms with Gasteiger partial charge in [0, 0.05) is 5.92 Å². The van der Waals surface area contributed by atoms with Gasteiger partial charge in [-0.15, -0.1) is 0 Å². The number of carbonyl (C=O) groups excluding carboxylic acids is 1. The topological polar surface area (TPSA) is 52.6 Å². The van der Waals surface area contributed by atoms with Crippen molar-refractivity contribution in [3.63, 3.8) is 0 Å². The third-order valence-electron chi connectivity index (χ3n) is 6.07. The second-order valence-corrected chi connectivity index (χ2v) is 10.5. The fraction of sp³-hybridized carbons (Fsp3) is 0.958. The van der Waals surface area contributed by atoms with E-state index < -0.39 is 7.60 Å². The van der Waals surface area contributed by atoms with Gasteiger partial charge in [-0.25, -0.2) is 0 Å². The van der Waals surface area contributed by atoms with E-state index in [-0.39, 0.29) is 11.4 Å². The molecule has 0 spiro atoms. The van der Waals surface area contributed by atoms with Crippen LogP contribution >= 0.6 is 7.60 Å². The molecule has 0 bridgehead atoms. The molecular weight excluding hydrogens is 383 g/mol. The molecule has 0 radical (unpaired) electrons. The normalized spacial score (nSPS) is 16.9. The maximum Gasteiger partial charge on any atom is 0.397 e. The van der Waals surface area contributed by atoms with Crippen LogP contribution in [0.1, 0.15) is 119 Å². The zero-order valence-corrected chi connectivity index (χ0v) is 21.1. The highest BCUT2D eigenvalue weighted by Crippen LogP contribution is 2.53.